The Balaban J connectivity index is 1.46. The van der Waals surface area contributed by atoms with Crippen LogP contribution in [0, 0.1) is 6.92 Å². The highest BCUT2D eigenvalue weighted by atomic mass is 32.2. The molecule has 0 atom stereocenters. The summed E-state index contributed by atoms with van der Waals surface area (Å²) in [6.45, 7) is 4.50. The van der Waals surface area contributed by atoms with Crippen LogP contribution in [-0.2, 0) is 10.0 Å². The molecule has 0 unspecified atom stereocenters. The Hall–Kier alpha value is -2.75. The van der Waals surface area contributed by atoms with Crippen molar-refractivity contribution in [1.82, 2.24) is 9.29 Å². The molecule has 7 nitrogen and oxygen atoms in total. The molecule has 0 bridgehead atoms. The van der Waals surface area contributed by atoms with Crippen molar-refractivity contribution in [3.8, 4) is 17.0 Å². The van der Waals surface area contributed by atoms with Gasteiger partial charge in [0.05, 0.1) is 17.2 Å². The Bertz CT molecular complexity index is 1220. The summed E-state index contributed by atoms with van der Waals surface area (Å²) in [5.41, 5.74) is 2.11. The van der Waals surface area contributed by atoms with Gasteiger partial charge >= 0.3 is 0 Å². The lowest BCUT2D eigenvalue weighted by Gasteiger charge is -2.16. The first kappa shape index (κ1) is 22.4. The summed E-state index contributed by atoms with van der Waals surface area (Å²) in [6.07, 6.45) is 1.78. The van der Waals surface area contributed by atoms with E-state index >= 15 is 0 Å². The van der Waals surface area contributed by atoms with Crippen LogP contribution in [0.4, 0.5) is 5.13 Å². The number of aryl methyl sites for hydroxylation is 1. The van der Waals surface area contributed by atoms with Gasteiger partial charge < -0.3 is 4.74 Å². The van der Waals surface area contributed by atoms with Gasteiger partial charge in [-0.05, 0) is 75.2 Å². The van der Waals surface area contributed by atoms with Crippen LogP contribution in [0.1, 0.15) is 35.0 Å². The van der Waals surface area contributed by atoms with Crippen LogP contribution in [0.3, 0.4) is 0 Å². The summed E-state index contributed by atoms with van der Waals surface area (Å²) >= 11 is 1.39. The minimum Gasteiger partial charge on any atom is -0.494 e. The van der Waals surface area contributed by atoms with Gasteiger partial charge in [-0.1, -0.05) is 0 Å². The summed E-state index contributed by atoms with van der Waals surface area (Å²) < 4.78 is 32.1. The van der Waals surface area contributed by atoms with Crippen molar-refractivity contribution in [2.45, 2.75) is 37.6 Å². The maximum Gasteiger partial charge on any atom is 0.257 e. The molecule has 1 aliphatic rings. The number of aromatic nitrogens is 1. The van der Waals surface area contributed by atoms with Gasteiger partial charge in [0, 0.05) is 29.1 Å². The second-order valence-corrected chi connectivity index (χ2v) is 10.8. The smallest absolute Gasteiger partial charge is 0.257 e. The number of hydrogen-bond donors (Lipinski definition) is 1. The van der Waals surface area contributed by atoms with Gasteiger partial charge in [-0.15, -0.1) is 11.3 Å². The number of nitrogens with one attached hydrogen (secondary N) is 1. The number of thiazole rings is 1. The number of hydrogen-bond acceptors (Lipinski definition) is 6. The van der Waals surface area contributed by atoms with Crippen LogP contribution in [0.25, 0.3) is 11.3 Å². The van der Waals surface area contributed by atoms with Crippen molar-refractivity contribution < 1.29 is 17.9 Å². The monoisotopic (exact) mass is 471 g/mol. The number of ether oxygens (including phenoxy) is 1. The molecular formula is C23H25N3O4S2. The minimum absolute atomic E-state index is 0.0840. The molecule has 1 aromatic heterocycles. The highest BCUT2D eigenvalue weighted by Crippen LogP contribution is 2.32. The van der Waals surface area contributed by atoms with Gasteiger partial charge in [-0.2, -0.15) is 4.31 Å². The molecule has 3 aromatic rings. The predicted octanol–water partition coefficient (Wildman–Crippen LogP) is 4.55. The highest BCUT2D eigenvalue weighted by molar-refractivity contribution is 7.89. The number of carbonyl (C=O) groups is 1. The zero-order valence-corrected chi connectivity index (χ0v) is 19.8. The zero-order valence-electron chi connectivity index (χ0n) is 18.2. The van der Waals surface area contributed by atoms with Gasteiger partial charge in [-0.25, -0.2) is 13.4 Å². The Kier molecular flexibility index (Phi) is 6.32. The molecule has 1 N–H and O–H groups in total. The third-order valence-corrected chi connectivity index (χ3v) is 8.12. The molecule has 1 saturated carbocycles. The summed E-state index contributed by atoms with van der Waals surface area (Å²) in [4.78, 5) is 18.4. The van der Waals surface area contributed by atoms with Gasteiger partial charge in [0.15, 0.2) is 5.13 Å². The number of nitrogens with zero attached hydrogens (tertiary/aromatic N) is 2. The number of amides is 1. The zero-order chi connectivity index (χ0) is 22.9. The molecular weight excluding hydrogens is 446 g/mol. The summed E-state index contributed by atoms with van der Waals surface area (Å²) in [6, 6.07) is 13.8. The van der Waals surface area contributed by atoms with Gasteiger partial charge in [-0.3, -0.25) is 10.1 Å². The SMILES string of the molecule is CCOc1ccc(-c2nc(NC(=O)c3ccc(S(=O)(=O)N(C)C4CC4)cc3)sc2C)cc1. The molecule has 2 aromatic carbocycles. The summed E-state index contributed by atoms with van der Waals surface area (Å²) in [7, 11) is -1.94. The average molecular weight is 472 g/mol. The molecule has 1 fully saturated rings. The highest BCUT2D eigenvalue weighted by Gasteiger charge is 2.35. The van der Waals surface area contributed by atoms with Crippen LogP contribution < -0.4 is 10.1 Å². The van der Waals surface area contributed by atoms with Crippen LogP contribution in [0.15, 0.2) is 53.4 Å². The first-order valence-electron chi connectivity index (χ1n) is 10.4. The van der Waals surface area contributed by atoms with Crippen LogP contribution in [-0.4, -0.2) is 43.3 Å². The molecule has 0 radical (unpaired) electrons. The van der Waals surface area contributed by atoms with E-state index in [1.165, 1.54) is 39.9 Å². The Labute approximate surface area is 192 Å². The maximum atomic E-state index is 12.7. The lowest BCUT2D eigenvalue weighted by Crippen LogP contribution is -2.29. The van der Waals surface area contributed by atoms with E-state index in [4.69, 9.17) is 4.74 Å². The van der Waals surface area contributed by atoms with Crippen molar-refractivity contribution in [1.29, 1.82) is 0 Å². The molecule has 0 spiro atoms. The first-order chi connectivity index (χ1) is 15.3. The number of carbonyl (C=O) groups excluding carboxylic acids is 1. The molecule has 9 heteroatoms. The normalized spacial score (nSPS) is 13.9. The Morgan fingerprint density at radius 2 is 1.81 bits per heavy atom. The van der Waals surface area contributed by atoms with E-state index in [9.17, 15) is 13.2 Å². The lowest BCUT2D eigenvalue weighted by molar-refractivity contribution is 0.102. The van der Waals surface area contributed by atoms with E-state index in [1.807, 2.05) is 38.1 Å². The predicted molar refractivity (Wildman–Crippen MR) is 126 cm³/mol. The third kappa shape index (κ3) is 4.69. The Morgan fingerprint density at radius 1 is 1.16 bits per heavy atom. The standard InChI is InChI=1S/C23H25N3O4S2/c1-4-30-19-11-5-16(6-12-19)21-15(2)31-23(24-21)25-22(27)17-7-13-20(14-8-17)32(28,29)26(3)18-9-10-18/h5-8,11-14,18H,4,9-10H2,1-3H3,(H,24,25,27). The Morgan fingerprint density at radius 3 is 2.41 bits per heavy atom. The molecule has 1 aliphatic carbocycles. The molecule has 32 heavy (non-hydrogen) atoms. The molecule has 0 aliphatic heterocycles. The minimum atomic E-state index is -3.53. The van der Waals surface area contributed by atoms with Crippen molar-refractivity contribution >= 4 is 32.4 Å². The molecule has 4 rings (SSSR count). The fourth-order valence-corrected chi connectivity index (χ4v) is 5.59. The van der Waals surface area contributed by atoms with E-state index in [0.29, 0.717) is 17.3 Å². The van der Waals surface area contributed by atoms with E-state index < -0.39 is 10.0 Å². The average Bonchev–Trinajstić information content (AvgIpc) is 3.57. The van der Waals surface area contributed by atoms with Crippen molar-refractivity contribution in [2.24, 2.45) is 0 Å². The molecule has 168 valence electrons. The third-order valence-electron chi connectivity index (χ3n) is 5.31. The van der Waals surface area contributed by atoms with Crippen LogP contribution in [0.2, 0.25) is 0 Å². The molecule has 1 amide bonds. The largest absolute Gasteiger partial charge is 0.494 e. The van der Waals surface area contributed by atoms with E-state index in [0.717, 1.165) is 34.7 Å². The van der Waals surface area contributed by atoms with Crippen molar-refractivity contribution in [2.75, 3.05) is 19.0 Å². The number of rotatable bonds is 8. The fourth-order valence-electron chi connectivity index (χ4n) is 3.34. The maximum absolute atomic E-state index is 12.7. The van der Waals surface area contributed by atoms with Gasteiger partial charge in [0.25, 0.3) is 5.91 Å². The first-order valence-corrected chi connectivity index (χ1v) is 12.7. The second-order valence-electron chi connectivity index (χ2n) is 7.61. The van der Waals surface area contributed by atoms with E-state index in [-0.39, 0.29) is 16.8 Å². The van der Waals surface area contributed by atoms with Crippen LogP contribution >= 0.6 is 11.3 Å². The molecule has 0 saturated heterocycles. The quantitative estimate of drug-likeness (QED) is 0.521. The fraction of sp³-hybridized carbons (Fsp3) is 0.304. The summed E-state index contributed by atoms with van der Waals surface area (Å²) in [5.74, 6) is 0.461. The second kappa shape index (κ2) is 9.01. The van der Waals surface area contributed by atoms with Crippen LogP contribution in [0.5, 0.6) is 5.75 Å². The van der Waals surface area contributed by atoms with Crippen molar-refractivity contribution in [3.05, 3.63) is 59.0 Å². The van der Waals surface area contributed by atoms with E-state index in [1.54, 1.807) is 7.05 Å². The van der Waals surface area contributed by atoms with E-state index in [2.05, 4.69) is 10.3 Å². The number of sulfonamides is 1. The number of benzene rings is 2. The van der Waals surface area contributed by atoms with Gasteiger partial charge in [0.1, 0.15) is 5.75 Å². The summed E-state index contributed by atoms with van der Waals surface area (Å²) in [5, 5.41) is 3.30. The number of anilines is 1. The topological polar surface area (TPSA) is 88.6 Å². The lowest BCUT2D eigenvalue weighted by atomic mass is 10.1. The van der Waals surface area contributed by atoms with Gasteiger partial charge in [0.2, 0.25) is 10.0 Å². The van der Waals surface area contributed by atoms with Crippen molar-refractivity contribution in [3.63, 3.8) is 0 Å². The molecule has 1 heterocycles.